The number of benzene rings is 1. The van der Waals surface area contributed by atoms with Gasteiger partial charge in [0.1, 0.15) is 11.4 Å². The molecule has 1 aromatic carbocycles. The summed E-state index contributed by atoms with van der Waals surface area (Å²) in [6, 6.07) is 4.82. The highest BCUT2D eigenvalue weighted by Crippen LogP contribution is 2.40. The number of rotatable bonds is 3. The molecule has 0 saturated carbocycles. The fourth-order valence-corrected chi connectivity index (χ4v) is 3.74. The number of fused-ring (bicyclic) bond motifs is 1. The van der Waals surface area contributed by atoms with E-state index in [9.17, 15) is 8.42 Å². The van der Waals surface area contributed by atoms with Gasteiger partial charge in [-0.2, -0.15) is 0 Å². The Morgan fingerprint density at radius 2 is 2.23 bits per heavy atom. The number of anilines is 1. The molecule has 8 heteroatoms. The topological polar surface area (TPSA) is 110 Å². The first-order valence-electron chi connectivity index (χ1n) is 6.86. The molecule has 1 aliphatic heterocycles. The summed E-state index contributed by atoms with van der Waals surface area (Å²) in [7, 11) is -3.69. The van der Waals surface area contributed by atoms with Gasteiger partial charge < -0.3 is 15.5 Å². The maximum atomic E-state index is 12.4. The molecule has 22 heavy (non-hydrogen) atoms. The van der Waals surface area contributed by atoms with Gasteiger partial charge in [-0.05, 0) is 32.0 Å². The fourth-order valence-electron chi connectivity index (χ4n) is 2.62. The third-order valence-corrected chi connectivity index (χ3v) is 4.95. The zero-order valence-electron chi connectivity index (χ0n) is 12.3. The molecule has 2 aromatic rings. The summed E-state index contributed by atoms with van der Waals surface area (Å²) in [6.45, 7) is 3.84. The number of hydrogen-bond donors (Lipinski definition) is 3. The predicted octanol–water partition coefficient (Wildman–Crippen LogP) is 1.57. The van der Waals surface area contributed by atoms with E-state index in [0.29, 0.717) is 17.9 Å². The molecule has 1 unspecified atom stereocenters. The normalized spacial score (nSPS) is 20.2. The molecular formula is C14H18N4O3S. The van der Waals surface area contributed by atoms with E-state index in [1.54, 1.807) is 18.2 Å². The first-order chi connectivity index (χ1) is 10.3. The van der Waals surface area contributed by atoms with Crippen LogP contribution in [0.5, 0.6) is 5.75 Å². The van der Waals surface area contributed by atoms with Gasteiger partial charge in [-0.1, -0.05) is 0 Å². The third-order valence-electron chi connectivity index (χ3n) is 3.55. The van der Waals surface area contributed by atoms with Gasteiger partial charge in [0.25, 0.3) is 10.0 Å². The van der Waals surface area contributed by atoms with Crippen LogP contribution < -0.4 is 15.2 Å². The molecule has 1 aromatic heterocycles. The number of nitrogens with two attached hydrogens (primary N) is 1. The van der Waals surface area contributed by atoms with Crippen molar-refractivity contribution in [2.45, 2.75) is 36.9 Å². The summed E-state index contributed by atoms with van der Waals surface area (Å²) < 4.78 is 33.4. The molecule has 0 fully saturated rings. The van der Waals surface area contributed by atoms with Crippen LogP contribution in [0.3, 0.4) is 0 Å². The van der Waals surface area contributed by atoms with Crippen molar-refractivity contribution in [2.75, 3.05) is 5.73 Å². The van der Waals surface area contributed by atoms with E-state index >= 15 is 0 Å². The van der Waals surface area contributed by atoms with Crippen LogP contribution in [-0.2, 0) is 10.0 Å². The summed E-state index contributed by atoms with van der Waals surface area (Å²) in [4.78, 5) is 6.35. The lowest BCUT2D eigenvalue weighted by Gasteiger charge is -2.37. The number of aromatic nitrogens is 2. The standard InChI is InChI=1S/C14H18N4O3S/c1-14(2)6-11(10-5-9(15)3-4-12(10)21-14)18-22(19,20)13-7-16-8-17-13/h3-5,7-8,11,18H,6,15H2,1-2H3,(H,16,17). The van der Waals surface area contributed by atoms with Gasteiger partial charge in [-0.3, -0.25) is 0 Å². The van der Waals surface area contributed by atoms with Gasteiger partial charge in [-0.15, -0.1) is 0 Å². The van der Waals surface area contributed by atoms with Crippen LogP contribution in [0.4, 0.5) is 5.69 Å². The van der Waals surface area contributed by atoms with E-state index in [4.69, 9.17) is 10.5 Å². The largest absolute Gasteiger partial charge is 0.487 e. The van der Waals surface area contributed by atoms with E-state index in [2.05, 4.69) is 14.7 Å². The lowest BCUT2D eigenvalue weighted by Crippen LogP contribution is -2.41. The molecule has 1 aliphatic rings. The zero-order valence-corrected chi connectivity index (χ0v) is 13.1. The maximum absolute atomic E-state index is 12.4. The number of hydrogen-bond acceptors (Lipinski definition) is 5. The summed E-state index contributed by atoms with van der Waals surface area (Å²) in [5.74, 6) is 0.641. The van der Waals surface area contributed by atoms with Crippen LogP contribution in [0.2, 0.25) is 0 Å². The van der Waals surface area contributed by atoms with Crippen molar-refractivity contribution in [2.24, 2.45) is 0 Å². The Labute approximate surface area is 129 Å². The van der Waals surface area contributed by atoms with E-state index in [-0.39, 0.29) is 5.03 Å². The summed E-state index contributed by atoms with van der Waals surface area (Å²) >= 11 is 0. The summed E-state index contributed by atoms with van der Waals surface area (Å²) in [6.07, 6.45) is 3.10. The second-order valence-electron chi connectivity index (χ2n) is 5.95. The van der Waals surface area contributed by atoms with Crippen molar-refractivity contribution in [3.63, 3.8) is 0 Å². The number of imidazole rings is 1. The highest BCUT2D eigenvalue weighted by Gasteiger charge is 2.36. The highest BCUT2D eigenvalue weighted by atomic mass is 32.2. The second kappa shape index (κ2) is 4.99. The first kappa shape index (κ1) is 14.9. The number of sulfonamides is 1. The molecule has 3 rings (SSSR count). The fraction of sp³-hybridized carbons (Fsp3) is 0.357. The van der Waals surface area contributed by atoms with Crippen molar-refractivity contribution in [1.29, 1.82) is 0 Å². The number of ether oxygens (including phenoxy) is 1. The van der Waals surface area contributed by atoms with Gasteiger partial charge in [-0.25, -0.2) is 18.1 Å². The predicted molar refractivity (Wildman–Crippen MR) is 81.8 cm³/mol. The van der Waals surface area contributed by atoms with Crippen LogP contribution in [-0.4, -0.2) is 24.0 Å². The van der Waals surface area contributed by atoms with Gasteiger partial charge in [0.15, 0.2) is 5.03 Å². The highest BCUT2D eigenvalue weighted by molar-refractivity contribution is 7.89. The van der Waals surface area contributed by atoms with Crippen molar-refractivity contribution in [3.05, 3.63) is 36.3 Å². The Kier molecular flexibility index (Phi) is 3.37. The first-order valence-corrected chi connectivity index (χ1v) is 8.34. The van der Waals surface area contributed by atoms with Crippen LogP contribution in [0, 0.1) is 0 Å². The van der Waals surface area contributed by atoms with Crippen molar-refractivity contribution in [1.82, 2.24) is 14.7 Å². The minimum absolute atomic E-state index is 0.0299. The van der Waals surface area contributed by atoms with E-state index in [1.807, 2.05) is 13.8 Å². The maximum Gasteiger partial charge on any atom is 0.258 e. The SMILES string of the molecule is CC1(C)CC(NS(=O)(=O)c2cnc[nH]2)c2cc(N)ccc2O1. The molecule has 0 spiro atoms. The molecule has 4 N–H and O–H groups in total. The molecule has 0 saturated heterocycles. The Balaban J connectivity index is 1.99. The van der Waals surface area contributed by atoms with Crippen molar-refractivity contribution >= 4 is 15.7 Å². The van der Waals surface area contributed by atoms with E-state index < -0.39 is 21.7 Å². The molecule has 0 amide bonds. The van der Waals surface area contributed by atoms with Crippen LogP contribution in [0.1, 0.15) is 31.9 Å². The van der Waals surface area contributed by atoms with Crippen LogP contribution in [0.25, 0.3) is 0 Å². The lowest BCUT2D eigenvalue weighted by molar-refractivity contribution is 0.0702. The van der Waals surface area contributed by atoms with Gasteiger partial charge in [0.2, 0.25) is 0 Å². The average Bonchev–Trinajstić information content (AvgIpc) is 2.93. The number of nitrogens with one attached hydrogen (secondary N) is 2. The molecule has 2 heterocycles. The number of H-pyrrole nitrogens is 1. The summed E-state index contributed by atoms with van der Waals surface area (Å²) in [5.41, 5.74) is 6.64. The minimum Gasteiger partial charge on any atom is -0.487 e. The second-order valence-corrected chi connectivity index (χ2v) is 7.64. The number of nitrogens with zero attached hydrogens (tertiary/aromatic N) is 1. The molecule has 0 aliphatic carbocycles. The Morgan fingerprint density at radius 1 is 1.45 bits per heavy atom. The molecular weight excluding hydrogens is 304 g/mol. The third kappa shape index (κ3) is 2.79. The van der Waals surface area contributed by atoms with E-state index in [0.717, 1.165) is 5.56 Å². The molecule has 0 bridgehead atoms. The quantitative estimate of drug-likeness (QED) is 0.743. The number of nitrogen functional groups attached to an aromatic ring is 1. The van der Waals surface area contributed by atoms with Gasteiger partial charge >= 0.3 is 0 Å². The van der Waals surface area contributed by atoms with Crippen molar-refractivity contribution in [3.8, 4) is 5.75 Å². The lowest BCUT2D eigenvalue weighted by atomic mass is 9.90. The molecule has 0 radical (unpaired) electrons. The molecule has 7 nitrogen and oxygen atoms in total. The summed E-state index contributed by atoms with van der Waals surface area (Å²) in [5, 5.41) is 0.0299. The molecule has 118 valence electrons. The van der Waals surface area contributed by atoms with Gasteiger partial charge in [0, 0.05) is 17.7 Å². The Hall–Kier alpha value is -2.06. The smallest absolute Gasteiger partial charge is 0.258 e. The minimum atomic E-state index is -3.69. The number of aromatic amines is 1. The zero-order chi connectivity index (χ0) is 16.0. The Bertz CT molecular complexity index is 784. The monoisotopic (exact) mass is 322 g/mol. The van der Waals surface area contributed by atoms with Crippen LogP contribution in [0.15, 0.2) is 35.7 Å². The average molecular weight is 322 g/mol. The van der Waals surface area contributed by atoms with Crippen LogP contribution >= 0.6 is 0 Å². The van der Waals surface area contributed by atoms with E-state index in [1.165, 1.54) is 12.5 Å². The Morgan fingerprint density at radius 3 is 2.91 bits per heavy atom. The molecule has 1 atom stereocenters. The van der Waals surface area contributed by atoms with Crippen molar-refractivity contribution < 1.29 is 13.2 Å². The van der Waals surface area contributed by atoms with Gasteiger partial charge in [0.05, 0.1) is 18.6 Å².